The molecule has 0 amide bonds. The first-order valence-corrected chi connectivity index (χ1v) is 6.03. The molecule has 14 heavy (non-hydrogen) atoms. The number of rotatable bonds is 4. The van der Waals surface area contributed by atoms with E-state index >= 15 is 0 Å². The monoisotopic (exact) mass is 253 g/mol. The van der Waals surface area contributed by atoms with Gasteiger partial charge in [-0.05, 0) is 37.1 Å². The largest absolute Gasteiger partial charge is 0.316 e. The van der Waals surface area contributed by atoms with Gasteiger partial charge in [0.15, 0.2) is 0 Å². The smallest absolute Gasteiger partial charge is 0.0178 e. The van der Waals surface area contributed by atoms with Gasteiger partial charge < -0.3 is 5.32 Å². The van der Waals surface area contributed by atoms with Crippen molar-refractivity contribution in [1.82, 2.24) is 5.32 Å². The molecule has 0 spiro atoms. The molecule has 1 N–H and O–H groups in total. The Hall–Kier alpha value is -0.340. The van der Waals surface area contributed by atoms with Crippen molar-refractivity contribution in [2.75, 3.05) is 13.1 Å². The molecule has 1 aromatic carbocycles. The second-order valence-corrected chi connectivity index (χ2v) is 4.99. The third-order valence-corrected chi connectivity index (χ3v) is 3.50. The van der Waals surface area contributed by atoms with Crippen LogP contribution in [0.25, 0.3) is 0 Å². The lowest BCUT2D eigenvalue weighted by Crippen LogP contribution is -2.26. The Kier molecular flexibility index (Phi) is 2.93. The predicted molar refractivity (Wildman–Crippen MR) is 63.6 cm³/mol. The molecule has 76 valence electrons. The van der Waals surface area contributed by atoms with Crippen molar-refractivity contribution in [3.8, 4) is 0 Å². The lowest BCUT2D eigenvalue weighted by atomic mass is 9.96. The van der Waals surface area contributed by atoms with E-state index < -0.39 is 0 Å². The Morgan fingerprint density at radius 3 is 2.79 bits per heavy atom. The van der Waals surface area contributed by atoms with Crippen LogP contribution in [0.15, 0.2) is 28.7 Å². The number of hydrogen-bond donors (Lipinski definition) is 1. The second kappa shape index (κ2) is 4.03. The maximum Gasteiger partial charge on any atom is 0.0178 e. The minimum Gasteiger partial charge on any atom is -0.316 e. The topological polar surface area (TPSA) is 12.0 Å². The van der Waals surface area contributed by atoms with Crippen LogP contribution in [0.4, 0.5) is 0 Å². The molecule has 1 aliphatic rings. The summed E-state index contributed by atoms with van der Waals surface area (Å²) in [4.78, 5) is 0. The quantitative estimate of drug-likeness (QED) is 0.870. The van der Waals surface area contributed by atoms with Gasteiger partial charge in [0, 0.05) is 16.4 Å². The average Bonchev–Trinajstić information content (AvgIpc) is 2.96. The van der Waals surface area contributed by atoms with E-state index in [1.165, 1.54) is 22.9 Å². The summed E-state index contributed by atoms with van der Waals surface area (Å²) in [5, 5.41) is 3.45. The maximum atomic E-state index is 3.53. The summed E-state index contributed by atoms with van der Waals surface area (Å²) in [5.74, 6) is 0. The summed E-state index contributed by atoms with van der Waals surface area (Å²) in [6, 6.07) is 8.72. The summed E-state index contributed by atoms with van der Waals surface area (Å²) in [6.07, 6.45) is 2.66. The minimum atomic E-state index is 0.444. The second-order valence-electron chi connectivity index (χ2n) is 4.07. The van der Waals surface area contributed by atoms with Crippen LogP contribution in [-0.2, 0) is 5.41 Å². The van der Waals surface area contributed by atoms with Gasteiger partial charge >= 0.3 is 0 Å². The van der Waals surface area contributed by atoms with Crippen LogP contribution < -0.4 is 5.32 Å². The zero-order valence-electron chi connectivity index (χ0n) is 8.52. The Labute approximate surface area is 94.0 Å². The fourth-order valence-corrected chi connectivity index (χ4v) is 2.30. The van der Waals surface area contributed by atoms with Crippen molar-refractivity contribution in [2.24, 2.45) is 0 Å². The highest BCUT2D eigenvalue weighted by molar-refractivity contribution is 9.10. The standard InChI is InChI=1S/C12H16BrN/c1-2-14-9-12(6-7-12)10-4-3-5-11(13)8-10/h3-5,8,14H,2,6-7,9H2,1H3. The van der Waals surface area contributed by atoms with Gasteiger partial charge in [-0.25, -0.2) is 0 Å². The summed E-state index contributed by atoms with van der Waals surface area (Å²) >= 11 is 3.53. The van der Waals surface area contributed by atoms with Gasteiger partial charge in [0.25, 0.3) is 0 Å². The third-order valence-electron chi connectivity index (χ3n) is 3.00. The van der Waals surface area contributed by atoms with E-state index in [-0.39, 0.29) is 0 Å². The molecule has 0 bridgehead atoms. The molecule has 1 nitrogen and oxygen atoms in total. The molecular formula is C12H16BrN. The van der Waals surface area contributed by atoms with Crippen LogP contribution in [0.3, 0.4) is 0 Å². The van der Waals surface area contributed by atoms with E-state index in [1.807, 2.05) is 0 Å². The van der Waals surface area contributed by atoms with Crippen LogP contribution in [0, 0.1) is 0 Å². The molecule has 0 aromatic heterocycles. The van der Waals surface area contributed by atoms with Crippen molar-refractivity contribution in [2.45, 2.75) is 25.2 Å². The molecule has 0 radical (unpaired) electrons. The van der Waals surface area contributed by atoms with Crippen LogP contribution in [0.5, 0.6) is 0 Å². The molecule has 0 saturated heterocycles. The van der Waals surface area contributed by atoms with Gasteiger partial charge in [-0.15, -0.1) is 0 Å². The van der Waals surface area contributed by atoms with Crippen LogP contribution in [-0.4, -0.2) is 13.1 Å². The van der Waals surface area contributed by atoms with E-state index in [0.29, 0.717) is 5.41 Å². The average molecular weight is 254 g/mol. The number of nitrogens with one attached hydrogen (secondary N) is 1. The Balaban J connectivity index is 2.14. The number of likely N-dealkylation sites (N-methyl/N-ethyl adjacent to an activating group) is 1. The molecule has 1 aromatic rings. The fourth-order valence-electron chi connectivity index (χ4n) is 1.90. The molecule has 1 aliphatic carbocycles. The Bertz CT molecular complexity index is 318. The molecular weight excluding hydrogens is 238 g/mol. The summed E-state index contributed by atoms with van der Waals surface area (Å²) in [7, 11) is 0. The molecule has 0 heterocycles. The van der Waals surface area contributed by atoms with E-state index in [1.54, 1.807) is 0 Å². The normalized spacial score (nSPS) is 18.1. The highest BCUT2D eigenvalue weighted by atomic mass is 79.9. The summed E-state index contributed by atoms with van der Waals surface area (Å²) < 4.78 is 1.19. The van der Waals surface area contributed by atoms with Gasteiger partial charge in [0.1, 0.15) is 0 Å². The molecule has 1 saturated carbocycles. The van der Waals surface area contributed by atoms with E-state index in [0.717, 1.165) is 13.1 Å². The molecule has 2 heteroatoms. The van der Waals surface area contributed by atoms with Gasteiger partial charge in [0.2, 0.25) is 0 Å². The first-order chi connectivity index (χ1) is 6.77. The number of benzene rings is 1. The highest BCUT2D eigenvalue weighted by Gasteiger charge is 2.43. The van der Waals surface area contributed by atoms with Crippen LogP contribution in [0.1, 0.15) is 25.3 Å². The molecule has 1 fully saturated rings. The van der Waals surface area contributed by atoms with Gasteiger partial charge in [0.05, 0.1) is 0 Å². The van der Waals surface area contributed by atoms with Crippen molar-refractivity contribution < 1.29 is 0 Å². The fraction of sp³-hybridized carbons (Fsp3) is 0.500. The van der Waals surface area contributed by atoms with E-state index in [2.05, 4.69) is 52.4 Å². The maximum absolute atomic E-state index is 3.53. The van der Waals surface area contributed by atoms with Crippen molar-refractivity contribution in [3.63, 3.8) is 0 Å². The summed E-state index contributed by atoms with van der Waals surface area (Å²) in [6.45, 7) is 4.35. The van der Waals surface area contributed by atoms with E-state index in [4.69, 9.17) is 0 Å². The highest BCUT2D eigenvalue weighted by Crippen LogP contribution is 2.47. The van der Waals surface area contributed by atoms with Gasteiger partial charge in [-0.1, -0.05) is 35.0 Å². The lowest BCUT2D eigenvalue weighted by Gasteiger charge is -2.16. The third kappa shape index (κ3) is 2.01. The van der Waals surface area contributed by atoms with Crippen LogP contribution >= 0.6 is 15.9 Å². The minimum absolute atomic E-state index is 0.444. The lowest BCUT2D eigenvalue weighted by molar-refractivity contribution is 0.590. The first kappa shape index (κ1) is 10.2. The molecule has 0 aliphatic heterocycles. The van der Waals surface area contributed by atoms with Crippen molar-refractivity contribution in [3.05, 3.63) is 34.3 Å². The number of hydrogen-bond acceptors (Lipinski definition) is 1. The zero-order valence-corrected chi connectivity index (χ0v) is 10.1. The number of halogens is 1. The zero-order chi connectivity index (χ0) is 10.0. The van der Waals surface area contributed by atoms with Gasteiger partial charge in [-0.2, -0.15) is 0 Å². The molecule has 0 unspecified atom stereocenters. The molecule has 2 rings (SSSR count). The molecule has 0 atom stereocenters. The SMILES string of the molecule is CCNCC1(c2cccc(Br)c2)CC1. The Morgan fingerprint density at radius 1 is 1.43 bits per heavy atom. The Morgan fingerprint density at radius 2 is 2.21 bits per heavy atom. The van der Waals surface area contributed by atoms with E-state index in [9.17, 15) is 0 Å². The van der Waals surface area contributed by atoms with Crippen molar-refractivity contribution in [1.29, 1.82) is 0 Å². The summed E-state index contributed by atoms with van der Waals surface area (Å²) in [5.41, 5.74) is 1.92. The first-order valence-electron chi connectivity index (χ1n) is 5.24. The van der Waals surface area contributed by atoms with Crippen LogP contribution in [0.2, 0.25) is 0 Å². The predicted octanol–water partition coefficient (Wildman–Crippen LogP) is 3.09. The van der Waals surface area contributed by atoms with Crippen molar-refractivity contribution >= 4 is 15.9 Å². The van der Waals surface area contributed by atoms with Gasteiger partial charge in [-0.3, -0.25) is 0 Å².